The highest BCUT2D eigenvalue weighted by molar-refractivity contribution is 9.10. The molecule has 0 aliphatic carbocycles. The number of rotatable bonds is 6. The maximum absolute atomic E-state index is 12.3. The summed E-state index contributed by atoms with van der Waals surface area (Å²) in [5.41, 5.74) is 6.04. The molecule has 1 aromatic carbocycles. The fraction of sp³-hybridized carbons (Fsp3) is 0.500. The second-order valence-corrected chi connectivity index (χ2v) is 7.15. The van der Waals surface area contributed by atoms with Crippen LogP contribution in [0.3, 0.4) is 0 Å². The number of nitrogens with one attached hydrogen (secondary N) is 1. The fourth-order valence-corrected chi connectivity index (χ4v) is 3.90. The van der Waals surface area contributed by atoms with Crippen LogP contribution in [0.15, 0.2) is 27.6 Å². The van der Waals surface area contributed by atoms with E-state index in [1.54, 1.807) is 19.2 Å². The molecule has 7 heteroatoms. The third kappa shape index (κ3) is 4.45. The van der Waals surface area contributed by atoms with Gasteiger partial charge in [-0.3, -0.25) is 0 Å². The van der Waals surface area contributed by atoms with Crippen molar-refractivity contribution in [1.29, 1.82) is 0 Å². The van der Waals surface area contributed by atoms with Gasteiger partial charge in [-0.05, 0) is 40.0 Å². The third-order valence-electron chi connectivity index (χ3n) is 2.70. The number of methoxy groups -OCH3 is 1. The molecular weight excluding hydrogens is 332 g/mol. The van der Waals surface area contributed by atoms with Crippen molar-refractivity contribution in [1.82, 2.24) is 4.72 Å². The second kappa shape index (κ2) is 6.69. The van der Waals surface area contributed by atoms with E-state index in [0.29, 0.717) is 16.8 Å². The Balaban J connectivity index is 3.06. The first-order chi connectivity index (χ1) is 8.77. The van der Waals surface area contributed by atoms with Crippen LogP contribution in [0.5, 0.6) is 0 Å². The highest BCUT2D eigenvalue weighted by Crippen LogP contribution is 2.24. The van der Waals surface area contributed by atoms with Gasteiger partial charge >= 0.3 is 0 Å². The molecule has 1 rings (SSSR count). The van der Waals surface area contributed by atoms with E-state index in [-0.39, 0.29) is 16.9 Å². The van der Waals surface area contributed by atoms with Gasteiger partial charge in [-0.15, -0.1) is 0 Å². The lowest BCUT2D eigenvalue weighted by molar-refractivity contribution is 0.157. The van der Waals surface area contributed by atoms with Crippen molar-refractivity contribution >= 4 is 31.6 Å². The molecule has 0 radical (unpaired) electrons. The minimum absolute atomic E-state index is 0.120. The van der Waals surface area contributed by atoms with E-state index >= 15 is 0 Å². The molecule has 5 nitrogen and oxygen atoms in total. The molecule has 0 saturated carbocycles. The zero-order valence-electron chi connectivity index (χ0n) is 11.2. The number of halogens is 1. The lowest BCUT2D eigenvalue weighted by atomic mass is 10.1. The largest absolute Gasteiger partial charge is 0.399 e. The lowest BCUT2D eigenvalue weighted by Crippen LogP contribution is -2.41. The van der Waals surface area contributed by atoms with Gasteiger partial charge in [0.2, 0.25) is 10.0 Å². The molecule has 0 aliphatic rings. The maximum Gasteiger partial charge on any atom is 0.242 e. The zero-order valence-corrected chi connectivity index (χ0v) is 13.6. The minimum atomic E-state index is -3.64. The van der Waals surface area contributed by atoms with Crippen molar-refractivity contribution in [3.05, 3.63) is 22.7 Å². The molecule has 3 N–H and O–H groups in total. The minimum Gasteiger partial charge on any atom is -0.399 e. The molecule has 0 spiro atoms. The lowest BCUT2D eigenvalue weighted by Gasteiger charge is -2.21. The molecule has 0 saturated heterocycles. The van der Waals surface area contributed by atoms with Crippen molar-refractivity contribution in [3.63, 3.8) is 0 Å². The predicted molar refractivity (Wildman–Crippen MR) is 79.4 cm³/mol. The topological polar surface area (TPSA) is 81.4 Å². The van der Waals surface area contributed by atoms with E-state index in [1.807, 2.05) is 13.8 Å². The van der Waals surface area contributed by atoms with Crippen molar-refractivity contribution in [2.75, 3.05) is 19.5 Å². The van der Waals surface area contributed by atoms with Gasteiger partial charge in [0, 0.05) is 23.3 Å². The molecule has 0 aliphatic heterocycles. The van der Waals surface area contributed by atoms with Gasteiger partial charge in [-0.25, -0.2) is 13.1 Å². The van der Waals surface area contributed by atoms with E-state index < -0.39 is 10.0 Å². The van der Waals surface area contributed by atoms with Crippen LogP contribution in [-0.2, 0) is 14.8 Å². The van der Waals surface area contributed by atoms with Gasteiger partial charge < -0.3 is 10.5 Å². The Labute approximate surface area is 122 Å². The summed E-state index contributed by atoms with van der Waals surface area (Å²) in [4.78, 5) is 0.134. The van der Waals surface area contributed by atoms with Gasteiger partial charge in [0.05, 0.1) is 11.5 Å². The van der Waals surface area contributed by atoms with Crippen LogP contribution < -0.4 is 10.5 Å². The van der Waals surface area contributed by atoms with E-state index in [4.69, 9.17) is 10.5 Å². The molecule has 0 aromatic heterocycles. The monoisotopic (exact) mass is 350 g/mol. The average Bonchev–Trinajstić information content (AvgIpc) is 2.31. The summed E-state index contributed by atoms with van der Waals surface area (Å²) in [7, 11) is -2.09. The Morgan fingerprint density at radius 1 is 1.42 bits per heavy atom. The summed E-state index contributed by atoms with van der Waals surface area (Å²) in [6.07, 6.45) is 0. The Hall–Kier alpha value is -0.630. The number of sulfonamides is 1. The number of hydrogen-bond acceptors (Lipinski definition) is 4. The molecule has 1 atom stereocenters. The van der Waals surface area contributed by atoms with Crippen LogP contribution in [0.2, 0.25) is 0 Å². The van der Waals surface area contributed by atoms with E-state index in [2.05, 4.69) is 20.7 Å². The van der Waals surface area contributed by atoms with Crippen molar-refractivity contribution in [3.8, 4) is 0 Å². The van der Waals surface area contributed by atoms with Crippen molar-refractivity contribution < 1.29 is 13.2 Å². The number of benzene rings is 1. The van der Waals surface area contributed by atoms with E-state index in [1.165, 1.54) is 6.07 Å². The molecule has 0 bridgehead atoms. The predicted octanol–water partition coefficient (Wildman–Crippen LogP) is 1.98. The number of nitrogens with two attached hydrogens (primary N) is 1. The fourth-order valence-electron chi connectivity index (χ4n) is 1.53. The van der Waals surface area contributed by atoms with Crippen LogP contribution >= 0.6 is 15.9 Å². The number of ether oxygens (including phenoxy) is 1. The summed E-state index contributed by atoms with van der Waals surface area (Å²) in [6.45, 7) is 4.18. The third-order valence-corrected chi connectivity index (χ3v) is 5.19. The van der Waals surface area contributed by atoms with Crippen LogP contribution in [0, 0.1) is 5.92 Å². The van der Waals surface area contributed by atoms with Crippen molar-refractivity contribution in [2.24, 2.45) is 5.92 Å². The summed E-state index contributed by atoms with van der Waals surface area (Å²) in [6, 6.07) is 4.39. The molecule has 0 fully saturated rings. The van der Waals surface area contributed by atoms with Crippen LogP contribution in [-0.4, -0.2) is 28.2 Å². The average molecular weight is 351 g/mol. The van der Waals surface area contributed by atoms with Crippen LogP contribution in [0.25, 0.3) is 0 Å². The van der Waals surface area contributed by atoms with E-state index in [9.17, 15) is 8.42 Å². The normalized spacial score (nSPS) is 13.7. The summed E-state index contributed by atoms with van der Waals surface area (Å²) in [5.74, 6) is 0.120. The Bertz CT molecular complexity index is 532. The standard InChI is InChI=1S/C12H19BrN2O3S/c1-8(2)11(7-18-3)15-19(16,17)12-6-9(14)4-5-10(12)13/h4-6,8,11,15H,7,14H2,1-3H3. The first-order valence-electron chi connectivity index (χ1n) is 5.84. The molecule has 0 heterocycles. The smallest absolute Gasteiger partial charge is 0.242 e. The van der Waals surface area contributed by atoms with Gasteiger partial charge in [-0.1, -0.05) is 13.8 Å². The molecule has 108 valence electrons. The summed E-state index contributed by atoms with van der Waals surface area (Å²) in [5, 5.41) is 0. The Morgan fingerprint density at radius 2 is 2.05 bits per heavy atom. The summed E-state index contributed by atoms with van der Waals surface area (Å²) >= 11 is 3.23. The maximum atomic E-state index is 12.3. The van der Waals surface area contributed by atoms with Crippen LogP contribution in [0.4, 0.5) is 5.69 Å². The van der Waals surface area contributed by atoms with Gasteiger partial charge in [0.15, 0.2) is 0 Å². The molecule has 1 aromatic rings. The number of nitrogen functional groups attached to an aromatic ring is 1. The first kappa shape index (κ1) is 16.4. The number of hydrogen-bond donors (Lipinski definition) is 2. The quantitative estimate of drug-likeness (QED) is 0.768. The Kier molecular flexibility index (Phi) is 5.79. The van der Waals surface area contributed by atoms with Crippen molar-refractivity contribution in [2.45, 2.75) is 24.8 Å². The van der Waals surface area contributed by atoms with Gasteiger partial charge in [0.1, 0.15) is 0 Å². The Morgan fingerprint density at radius 3 is 2.58 bits per heavy atom. The second-order valence-electron chi connectivity index (χ2n) is 4.62. The molecule has 0 amide bonds. The SMILES string of the molecule is COCC(NS(=O)(=O)c1cc(N)ccc1Br)C(C)C. The van der Waals surface area contributed by atoms with Crippen LogP contribution in [0.1, 0.15) is 13.8 Å². The number of anilines is 1. The summed E-state index contributed by atoms with van der Waals surface area (Å²) < 4.78 is 32.8. The molecular formula is C12H19BrN2O3S. The zero-order chi connectivity index (χ0) is 14.6. The van der Waals surface area contributed by atoms with Gasteiger partial charge in [-0.2, -0.15) is 0 Å². The molecule has 1 unspecified atom stereocenters. The highest BCUT2D eigenvalue weighted by Gasteiger charge is 2.24. The van der Waals surface area contributed by atoms with E-state index in [0.717, 1.165) is 0 Å². The van der Waals surface area contributed by atoms with Gasteiger partial charge in [0.25, 0.3) is 0 Å². The molecule has 19 heavy (non-hydrogen) atoms. The highest BCUT2D eigenvalue weighted by atomic mass is 79.9. The first-order valence-corrected chi connectivity index (χ1v) is 8.12.